The molecule has 0 amide bonds. The average Bonchev–Trinajstić information content (AvgIpc) is 2.97. The van der Waals surface area contributed by atoms with E-state index in [2.05, 4.69) is 15.1 Å². The van der Waals surface area contributed by atoms with Crippen molar-refractivity contribution in [3.8, 4) is 11.6 Å². The van der Waals surface area contributed by atoms with E-state index in [4.69, 9.17) is 6.57 Å². The molecule has 0 saturated carbocycles. The molecular formula is C22H24N6O3. The van der Waals surface area contributed by atoms with Crippen molar-refractivity contribution in [1.82, 2.24) is 13.9 Å². The summed E-state index contributed by atoms with van der Waals surface area (Å²) < 4.78 is 4.27. The third-order valence-corrected chi connectivity index (χ3v) is 5.25. The number of pyridine rings is 1. The van der Waals surface area contributed by atoms with Gasteiger partial charge in [-0.1, -0.05) is 31.5 Å². The summed E-state index contributed by atoms with van der Waals surface area (Å²) >= 11 is 0. The molecule has 3 rings (SSSR count). The maximum atomic E-state index is 13.0. The van der Waals surface area contributed by atoms with Gasteiger partial charge in [0.25, 0.3) is 11.1 Å². The van der Waals surface area contributed by atoms with Crippen LogP contribution in [0.15, 0.2) is 50.1 Å². The summed E-state index contributed by atoms with van der Waals surface area (Å²) in [5, 5.41) is 18.5. The lowest BCUT2D eigenvalue weighted by Gasteiger charge is -2.12. The van der Waals surface area contributed by atoms with E-state index < -0.39 is 5.56 Å². The lowest BCUT2D eigenvalue weighted by molar-refractivity contribution is 0.405. The Kier molecular flexibility index (Phi) is 6.20. The fourth-order valence-corrected chi connectivity index (χ4v) is 3.34. The minimum Gasteiger partial charge on any atom is -0.503 e. The first-order valence-electron chi connectivity index (χ1n) is 9.93. The summed E-state index contributed by atoms with van der Waals surface area (Å²) in [5.41, 5.74) is 0.557. The number of hydrogen-bond acceptors (Lipinski definition) is 5. The standard InChI is InChI=1S/C22H24N6O3/c1-6-7-13-27-20(29)17(23-4)14(2)18(21(27)30)24-25-19-15(3)26(5)28(22(19)31)16-11-9-8-10-12-16/h8-12,29H,6-7,13H2,1-3,5H3. The van der Waals surface area contributed by atoms with Gasteiger partial charge < -0.3 is 5.11 Å². The normalized spacial score (nSPS) is 11.2. The second-order valence-electron chi connectivity index (χ2n) is 7.18. The summed E-state index contributed by atoms with van der Waals surface area (Å²) in [7, 11) is 1.74. The summed E-state index contributed by atoms with van der Waals surface area (Å²) in [6.45, 7) is 12.9. The lowest BCUT2D eigenvalue weighted by atomic mass is 10.2. The van der Waals surface area contributed by atoms with Crippen LogP contribution in [-0.2, 0) is 13.6 Å². The Balaban J connectivity index is 2.17. The Hall–Kier alpha value is -3.93. The molecule has 0 aliphatic rings. The molecule has 160 valence electrons. The van der Waals surface area contributed by atoms with Crippen LogP contribution in [-0.4, -0.2) is 19.0 Å². The van der Waals surface area contributed by atoms with Gasteiger partial charge >= 0.3 is 0 Å². The molecule has 2 heterocycles. The predicted molar refractivity (Wildman–Crippen MR) is 118 cm³/mol. The Labute approximate surface area is 179 Å². The maximum absolute atomic E-state index is 13.0. The summed E-state index contributed by atoms with van der Waals surface area (Å²) in [6, 6.07) is 9.13. The number of aromatic nitrogens is 3. The van der Waals surface area contributed by atoms with Crippen molar-refractivity contribution in [3.05, 3.63) is 73.7 Å². The van der Waals surface area contributed by atoms with Crippen molar-refractivity contribution >= 4 is 17.1 Å². The number of nitrogens with zero attached hydrogens (tertiary/aromatic N) is 6. The molecule has 0 spiro atoms. The number of azo groups is 1. The first-order valence-corrected chi connectivity index (χ1v) is 9.93. The Morgan fingerprint density at radius 3 is 2.32 bits per heavy atom. The van der Waals surface area contributed by atoms with Crippen LogP contribution in [0.3, 0.4) is 0 Å². The molecule has 2 aromatic heterocycles. The zero-order valence-corrected chi connectivity index (χ0v) is 18.0. The fourth-order valence-electron chi connectivity index (χ4n) is 3.34. The largest absolute Gasteiger partial charge is 0.503 e. The third kappa shape index (κ3) is 3.80. The molecule has 0 unspecified atom stereocenters. The van der Waals surface area contributed by atoms with E-state index in [1.807, 2.05) is 25.1 Å². The molecule has 0 radical (unpaired) electrons. The summed E-state index contributed by atoms with van der Waals surface area (Å²) in [6.07, 6.45) is 1.47. The third-order valence-electron chi connectivity index (χ3n) is 5.25. The summed E-state index contributed by atoms with van der Waals surface area (Å²) in [5.74, 6) is -0.368. The minimum atomic E-state index is -0.545. The SMILES string of the molecule is [C-]#[N+]c1c(C)c(N=Nc2c(C)n(C)n(-c3ccccc3)c2=O)c(=O)n(CCCC)c1O. The second-order valence-corrected chi connectivity index (χ2v) is 7.18. The van der Waals surface area contributed by atoms with E-state index in [-0.39, 0.29) is 40.6 Å². The topological polar surface area (TPSA) is 98.2 Å². The number of benzene rings is 1. The molecule has 9 nitrogen and oxygen atoms in total. The molecular weight excluding hydrogens is 396 g/mol. The van der Waals surface area contributed by atoms with Crippen LogP contribution in [0.4, 0.5) is 17.1 Å². The first kappa shape index (κ1) is 21.8. The molecule has 3 aromatic rings. The van der Waals surface area contributed by atoms with Crippen LogP contribution in [0.2, 0.25) is 0 Å². The summed E-state index contributed by atoms with van der Waals surface area (Å²) in [4.78, 5) is 29.3. The molecule has 0 saturated heterocycles. The van der Waals surface area contributed by atoms with Gasteiger partial charge in [-0.25, -0.2) is 9.53 Å². The average molecular weight is 420 g/mol. The van der Waals surface area contributed by atoms with Gasteiger partial charge in [0.2, 0.25) is 5.69 Å². The van der Waals surface area contributed by atoms with Gasteiger partial charge in [0.15, 0.2) is 11.6 Å². The van der Waals surface area contributed by atoms with E-state index in [1.54, 1.807) is 30.8 Å². The number of hydrogen-bond donors (Lipinski definition) is 1. The minimum absolute atomic E-state index is 0.0452. The predicted octanol–water partition coefficient (Wildman–Crippen LogP) is 4.43. The highest BCUT2D eigenvalue weighted by Crippen LogP contribution is 2.34. The van der Waals surface area contributed by atoms with Crippen LogP contribution in [0.25, 0.3) is 10.5 Å². The van der Waals surface area contributed by atoms with Crippen molar-refractivity contribution in [2.75, 3.05) is 0 Å². The van der Waals surface area contributed by atoms with Crippen molar-refractivity contribution < 1.29 is 5.11 Å². The molecule has 0 bridgehead atoms. The highest BCUT2D eigenvalue weighted by molar-refractivity contribution is 5.67. The number of para-hydroxylation sites is 1. The van der Waals surface area contributed by atoms with Gasteiger partial charge in [0.1, 0.15) is 5.69 Å². The Morgan fingerprint density at radius 1 is 1.06 bits per heavy atom. The van der Waals surface area contributed by atoms with Crippen molar-refractivity contribution in [3.63, 3.8) is 0 Å². The second kappa shape index (κ2) is 8.83. The highest BCUT2D eigenvalue weighted by atomic mass is 16.3. The van der Waals surface area contributed by atoms with Crippen LogP contribution in [0, 0.1) is 20.4 Å². The molecule has 0 atom stereocenters. The lowest BCUT2D eigenvalue weighted by Crippen LogP contribution is -2.20. The van der Waals surface area contributed by atoms with Crippen molar-refractivity contribution in [1.29, 1.82) is 0 Å². The quantitative estimate of drug-likeness (QED) is 0.472. The smallest absolute Gasteiger partial charge is 0.299 e. The molecule has 9 heteroatoms. The first-order chi connectivity index (χ1) is 14.8. The van der Waals surface area contributed by atoms with Crippen LogP contribution >= 0.6 is 0 Å². The molecule has 0 aliphatic carbocycles. The van der Waals surface area contributed by atoms with Gasteiger partial charge in [0, 0.05) is 13.6 Å². The van der Waals surface area contributed by atoms with Crippen LogP contribution < -0.4 is 11.1 Å². The van der Waals surface area contributed by atoms with Crippen molar-refractivity contribution in [2.45, 2.75) is 40.2 Å². The van der Waals surface area contributed by atoms with Gasteiger partial charge in [-0.2, -0.15) is 0 Å². The fraction of sp³-hybridized carbons (Fsp3) is 0.318. The Bertz CT molecular complexity index is 1310. The van der Waals surface area contributed by atoms with Crippen LogP contribution in [0.5, 0.6) is 5.88 Å². The number of aromatic hydroxyl groups is 1. The van der Waals surface area contributed by atoms with E-state index in [9.17, 15) is 14.7 Å². The monoisotopic (exact) mass is 420 g/mol. The zero-order valence-electron chi connectivity index (χ0n) is 18.0. The number of rotatable bonds is 6. The van der Waals surface area contributed by atoms with E-state index in [1.165, 1.54) is 11.6 Å². The van der Waals surface area contributed by atoms with Gasteiger partial charge in [-0.15, -0.1) is 10.2 Å². The van der Waals surface area contributed by atoms with Crippen molar-refractivity contribution in [2.24, 2.45) is 17.3 Å². The van der Waals surface area contributed by atoms with E-state index in [0.717, 1.165) is 11.0 Å². The van der Waals surface area contributed by atoms with Gasteiger partial charge in [0.05, 0.1) is 18.0 Å². The molecule has 1 N–H and O–H groups in total. The molecule has 31 heavy (non-hydrogen) atoms. The zero-order chi connectivity index (χ0) is 22.7. The van der Waals surface area contributed by atoms with E-state index in [0.29, 0.717) is 17.8 Å². The van der Waals surface area contributed by atoms with E-state index >= 15 is 0 Å². The van der Waals surface area contributed by atoms with Gasteiger partial charge in [-0.05, 0) is 38.0 Å². The van der Waals surface area contributed by atoms with Crippen LogP contribution in [0.1, 0.15) is 31.0 Å². The molecule has 0 fully saturated rings. The highest BCUT2D eigenvalue weighted by Gasteiger charge is 2.20. The van der Waals surface area contributed by atoms with Gasteiger partial charge in [-0.3, -0.25) is 18.8 Å². The Morgan fingerprint density at radius 2 is 1.71 bits per heavy atom. The maximum Gasteiger partial charge on any atom is 0.299 e. The molecule has 1 aromatic carbocycles. The number of unbranched alkanes of at least 4 members (excludes halogenated alkanes) is 1. The molecule has 0 aliphatic heterocycles.